The first-order chi connectivity index (χ1) is 12.4. The molecule has 1 rings (SSSR count). The summed E-state index contributed by atoms with van der Waals surface area (Å²) in [6, 6.07) is 0. The fraction of sp³-hybridized carbons (Fsp3) is 0.438. The van der Waals surface area contributed by atoms with E-state index in [1.165, 1.54) is 0 Å². The Morgan fingerprint density at radius 3 is 1.77 bits per heavy atom. The van der Waals surface area contributed by atoms with Gasteiger partial charge in [-0.25, -0.2) is 13.2 Å². The monoisotopic (exact) mass is 384 g/mol. The van der Waals surface area contributed by atoms with Crippen molar-refractivity contribution in [2.45, 2.75) is 6.42 Å². The van der Waals surface area contributed by atoms with Crippen molar-refractivity contribution in [3.63, 3.8) is 0 Å². The second-order valence-electron chi connectivity index (χ2n) is 4.71. The third-order valence-electron chi connectivity index (χ3n) is 2.82. The predicted molar refractivity (Wildman–Crippen MR) is 79.1 cm³/mol. The molecule has 10 heteroatoms. The van der Waals surface area contributed by atoms with Crippen LogP contribution in [0.5, 0.6) is 5.75 Å². The quantitative estimate of drug-likeness (QED) is 0.106. The van der Waals surface area contributed by atoms with Crippen LogP contribution < -0.4 is 4.74 Å². The normalized spacial score (nSPS) is 10.8. The summed E-state index contributed by atoms with van der Waals surface area (Å²) in [5.41, 5.74) is 0. The van der Waals surface area contributed by atoms with E-state index >= 15 is 0 Å². The van der Waals surface area contributed by atoms with Crippen molar-refractivity contribution in [3.8, 4) is 5.75 Å². The molecule has 0 spiro atoms. The zero-order valence-electron chi connectivity index (χ0n) is 13.7. The number of hydrogen-bond acceptors (Lipinski definition) is 5. The van der Waals surface area contributed by atoms with Crippen LogP contribution in [0.4, 0.5) is 22.0 Å². The standard InChI is InChI=1S/C16H17F5O5/c1-2-4-23-6-8-25-9-7-24-5-3-10(22)26-16-14(20)12(18)11(17)13(19)15(16)21/h2H,1,3-9H2. The second-order valence-corrected chi connectivity index (χ2v) is 4.71. The van der Waals surface area contributed by atoms with Gasteiger partial charge in [-0.05, 0) is 0 Å². The van der Waals surface area contributed by atoms with E-state index < -0.39 is 47.2 Å². The van der Waals surface area contributed by atoms with E-state index in [4.69, 9.17) is 14.2 Å². The Bertz CT molecular complexity index is 595. The highest BCUT2D eigenvalue weighted by Gasteiger charge is 2.28. The van der Waals surface area contributed by atoms with Crippen molar-refractivity contribution in [3.05, 3.63) is 41.7 Å². The molecule has 0 saturated heterocycles. The number of ether oxygens (including phenoxy) is 4. The number of esters is 1. The van der Waals surface area contributed by atoms with Crippen molar-refractivity contribution in [2.75, 3.05) is 39.6 Å². The molecule has 0 aliphatic heterocycles. The van der Waals surface area contributed by atoms with Crippen molar-refractivity contribution >= 4 is 5.97 Å². The number of carbonyl (C=O) groups excluding carboxylic acids is 1. The molecule has 5 nitrogen and oxygen atoms in total. The van der Waals surface area contributed by atoms with Gasteiger partial charge in [0, 0.05) is 0 Å². The molecule has 0 fully saturated rings. The third kappa shape index (κ3) is 6.70. The summed E-state index contributed by atoms with van der Waals surface area (Å²) < 4.78 is 84.9. The van der Waals surface area contributed by atoms with Gasteiger partial charge in [0.1, 0.15) is 0 Å². The smallest absolute Gasteiger partial charge is 0.313 e. The molecule has 0 saturated carbocycles. The summed E-state index contributed by atoms with van der Waals surface area (Å²) in [6.07, 6.45) is 1.14. The van der Waals surface area contributed by atoms with Gasteiger partial charge < -0.3 is 18.9 Å². The summed E-state index contributed by atoms with van der Waals surface area (Å²) in [5.74, 6) is -14.0. The Hall–Kier alpha value is -2.04. The summed E-state index contributed by atoms with van der Waals surface area (Å²) in [6.45, 7) is 4.73. The second kappa shape index (κ2) is 11.6. The van der Waals surface area contributed by atoms with Gasteiger partial charge in [-0.3, -0.25) is 4.79 Å². The molecule has 0 radical (unpaired) electrons. The van der Waals surface area contributed by atoms with Crippen molar-refractivity contribution in [1.29, 1.82) is 0 Å². The van der Waals surface area contributed by atoms with E-state index in [1.54, 1.807) is 6.08 Å². The van der Waals surface area contributed by atoms with Crippen LogP contribution in [0.1, 0.15) is 6.42 Å². The first-order valence-corrected chi connectivity index (χ1v) is 7.46. The maximum atomic E-state index is 13.3. The molecular weight excluding hydrogens is 367 g/mol. The number of hydrogen-bond donors (Lipinski definition) is 0. The molecule has 0 amide bonds. The number of rotatable bonds is 12. The molecule has 146 valence electrons. The molecule has 0 N–H and O–H groups in total. The van der Waals surface area contributed by atoms with Crippen LogP contribution in [-0.2, 0) is 19.0 Å². The Morgan fingerprint density at radius 1 is 0.769 bits per heavy atom. The van der Waals surface area contributed by atoms with Gasteiger partial charge in [0.05, 0.1) is 46.1 Å². The van der Waals surface area contributed by atoms with Crippen molar-refractivity contribution < 1.29 is 45.7 Å². The topological polar surface area (TPSA) is 54.0 Å². The Labute approximate surface area is 146 Å². The molecule has 0 bridgehead atoms. The lowest BCUT2D eigenvalue weighted by molar-refractivity contribution is -0.136. The first-order valence-electron chi connectivity index (χ1n) is 7.46. The summed E-state index contributed by atoms with van der Waals surface area (Å²) in [4.78, 5) is 11.4. The van der Waals surface area contributed by atoms with E-state index in [2.05, 4.69) is 11.3 Å². The van der Waals surface area contributed by atoms with Crippen LogP contribution in [0.15, 0.2) is 12.7 Å². The SMILES string of the molecule is C=CCOCCOCCOCCC(=O)Oc1c(F)c(F)c(F)c(F)c1F. The van der Waals surface area contributed by atoms with Gasteiger partial charge in [-0.15, -0.1) is 6.58 Å². The van der Waals surface area contributed by atoms with E-state index in [-0.39, 0.29) is 19.8 Å². The van der Waals surface area contributed by atoms with Gasteiger partial charge in [0.25, 0.3) is 0 Å². The average Bonchev–Trinajstić information content (AvgIpc) is 2.63. The van der Waals surface area contributed by atoms with Gasteiger partial charge in [0.2, 0.25) is 34.8 Å². The third-order valence-corrected chi connectivity index (χ3v) is 2.82. The number of halogens is 5. The van der Waals surface area contributed by atoms with Crippen molar-refractivity contribution in [2.24, 2.45) is 0 Å². The maximum Gasteiger partial charge on any atom is 0.313 e. The van der Waals surface area contributed by atoms with Crippen LogP contribution in [0.3, 0.4) is 0 Å². The zero-order chi connectivity index (χ0) is 19.5. The highest BCUT2D eigenvalue weighted by Crippen LogP contribution is 2.29. The van der Waals surface area contributed by atoms with E-state index in [1.807, 2.05) is 0 Å². The average molecular weight is 384 g/mol. The van der Waals surface area contributed by atoms with Crippen LogP contribution in [-0.4, -0.2) is 45.6 Å². The lowest BCUT2D eigenvalue weighted by atomic mass is 10.2. The van der Waals surface area contributed by atoms with Gasteiger partial charge in [-0.1, -0.05) is 6.08 Å². The van der Waals surface area contributed by atoms with Crippen LogP contribution >= 0.6 is 0 Å². The molecular formula is C16H17F5O5. The first kappa shape index (κ1) is 22.0. The highest BCUT2D eigenvalue weighted by molar-refractivity contribution is 5.72. The summed E-state index contributed by atoms with van der Waals surface area (Å²) in [5, 5.41) is 0. The molecule has 0 atom stereocenters. The lowest BCUT2D eigenvalue weighted by Crippen LogP contribution is -2.16. The Balaban J connectivity index is 2.29. The molecule has 1 aromatic carbocycles. The predicted octanol–water partition coefficient (Wildman–Crippen LogP) is 2.91. The van der Waals surface area contributed by atoms with Gasteiger partial charge >= 0.3 is 5.97 Å². The molecule has 0 heterocycles. The Kier molecular flexibility index (Phi) is 9.78. The zero-order valence-corrected chi connectivity index (χ0v) is 13.7. The summed E-state index contributed by atoms with van der Waals surface area (Å²) >= 11 is 0. The van der Waals surface area contributed by atoms with E-state index in [0.717, 1.165) is 0 Å². The molecule has 26 heavy (non-hydrogen) atoms. The molecule has 0 unspecified atom stereocenters. The maximum absolute atomic E-state index is 13.3. The van der Waals surface area contributed by atoms with E-state index in [9.17, 15) is 26.7 Å². The highest BCUT2D eigenvalue weighted by atomic mass is 19.2. The van der Waals surface area contributed by atoms with Gasteiger partial charge in [0.15, 0.2) is 0 Å². The number of benzene rings is 1. The van der Waals surface area contributed by atoms with Crippen LogP contribution in [0.25, 0.3) is 0 Å². The summed E-state index contributed by atoms with van der Waals surface area (Å²) in [7, 11) is 0. The minimum Gasteiger partial charge on any atom is -0.420 e. The lowest BCUT2D eigenvalue weighted by Gasteiger charge is -2.09. The molecule has 0 aliphatic carbocycles. The largest absolute Gasteiger partial charge is 0.420 e. The van der Waals surface area contributed by atoms with Gasteiger partial charge in [-0.2, -0.15) is 8.78 Å². The van der Waals surface area contributed by atoms with Crippen LogP contribution in [0, 0.1) is 29.1 Å². The molecule has 0 aromatic heterocycles. The van der Waals surface area contributed by atoms with Crippen LogP contribution in [0.2, 0.25) is 0 Å². The van der Waals surface area contributed by atoms with E-state index in [0.29, 0.717) is 19.8 Å². The fourth-order valence-electron chi connectivity index (χ4n) is 1.60. The molecule has 0 aliphatic rings. The van der Waals surface area contributed by atoms with Crippen molar-refractivity contribution in [1.82, 2.24) is 0 Å². The minimum absolute atomic E-state index is 0.122. The Morgan fingerprint density at radius 2 is 1.23 bits per heavy atom. The molecule has 1 aromatic rings. The fourth-order valence-corrected chi connectivity index (χ4v) is 1.60. The minimum atomic E-state index is -2.34. The number of carbonyl (C=O) groups is 1.